The third kappa shape index (κ3) is 4.43. The minimum Gasteiger partial charge on any atom is -0.478 e. The topological polar surface area (TPSA) is 46.5 Å². The fraction of sp³-hybridized carbons (Fsp3) is 0.278. The normalized spacial score (nSPS) is 10.5. The zero-order chi connectivity index (χ0) is 15.1. The Morgan fingerprint density at radius 2 is 1.52 bits per heavy atom. The summed E-state index contributed by atoms with van der Waals surface area (Å²) >= 11 is 0. The van der Waals surface area contributed by atoms with Crippen molar-refractivity contribution in [3.8, 4) is 11.1 Å². The van der Waals surface area contributed by atoms with Gasteiger partial charge in [-0.05, 0) is 41.7 Å². The lowest BCUT2D eigenvalue weighted by molar-refractivity contribution is 0.0697. The van der Waals surface area contributed by atoms with E-state index in [4.69, 9.17) is 9.84 Å². The molecule has 0 saturated heterocycles. The first-order chi connectivity index (χ1) is 10.2. The van der Waals surface area contributed by atoms with Crippen LogP contribution in [-0.2, 0) is 11.2 Å². The van der Waals surface area contributed by atoms with Gasteiger partial charge in [-0.1, -0.05) is 43.3 Å². The van der Waals surface area contributed by atoms with Crippen LogP contribution in [0.1, 0.15) is 29.3 Å². The molecule has 0 radical (unpaired) electrons. The summed E-state index contributed by atoms with van der Waals surface area (Å²) in [4.78, 5) is 10.8. The molecule has 3 nitrogen and oxygen atoms in total. The monoisotopic (exact) mass is 284 g/mol. The van der Waals surface area contributed by atoms with E-state index in [1.54, 1.807) is 12.1 Å². The second-order valence-electron chi connectivity index (χ2n) is 4.94. The van der Waals surface area contributed by atoms with Gasteiger partial charge in [0, 0.05) is 6.61 Å². The maximum absolute atomic E-state index is 10.8. The van der Waals surface area contributed by atoms with Gasteiger partial charge in [0.25, 0.3) is 0 Å². The van der Waals surface area contributed by atoms with Crippen LogP contribution in [0.4, 0.5) is 0 Å². The second kappa shape index (κ2) is 7.60. The van der Waals surface area contributed by atoms with Crippen LogP contribution in [0.3, 0.4) is 0 Å². The smallest absolute Gasteiger partial charge is 0.335 e. The molecule has 0 atom stereocenters. The van der Waals surface area contributed by atoms with Gasteiger partial charge in [0.2, 0.25) is 0 Å². The summed E-state index contributed by atoms with van der Waals surface area (Å²) in [7, 11) is 0. The van der Waals surface area contributed by atoms with Crippen LogP contribution in [-0.4, -0.2) is 24.3 Å². The Bertz CT molecular complexity index is 570. The van der Waals surface area contributed by atoms with Crippen molar-refractivity contribution in [3.05, 3.63) is 59.7 Å². The zero-order valence-electron chi connectivity index (χ0n) is 12.2. The Morgan fingerprint density at radius 3 is 2.05 bits per heavy atom. The molecule has 1 N–H and O–H groups in total. The predicted octanol–water partition coefficient (Wildman–Crippen LogP) is 4.02. The minimum absolute atomic E-state index is 0.309. The molecule has 0 aliphatic carbocycles. The number of ether oxygens (including phenoxy) is 1. The van der Waals surface area contributed by atoms with Gasteiger partial charge in [-0.25, -0.2) is 4.79 Å². The van der Waals surface area contributed by atoms with Crippen molar-refractivity contribution in [2.45, 2.75) is 19.8 Å². The number of carboxylic acids is 1. The summed E-state index contributed by atoms with van der Waals surface area (Å²) in [6, 6.07) is 15.2. The average Bonchev–Trinajstić information content (AvgIpc) is 2.52. The molecule has 110 valence electrons. The Hall–Kier alpha value is -2.13. The predicted molar refractivity (Wildman–Crippen MR) is 83.7 cm³/mol. The van der Waals surface area contributed by atoms with Gasteiger partial charge in [-0.3, -0.25) is 0 Å². The molecule has 0 aromatic heterocycles. The number of benzene rings is 2. The van der Waals surface area contributed by atoms with Gasteiger partial charge in [0.15, 0.2) is 0 Å². The van der Waals surface area contributed by atoms with Crippen LogP contribution in [0.2, 0.25) is 0 Å². The molecule has 0 unspecified atom stereocenters. The molecule has 2 rings (SSSR count). The highest BCUT2D eigenvalue weighted by Gasteiger charge is 2.03. The van der Waals surface area contributed by atoms with E-state index in [-0.39, 0.29) is 0 Å². The lowest BCUT2D eigenvalue weighted by Crippen LogP contribution is -1.99. The average molecular weight is 284 g/mol. The van der Waals surface area contributed by atoms with Crippen molar-refractivity contribution < 1.29 is 14.6 Å². The number of aromatic carboxylic acids is 1. The molecule has 0 saturated carbocycles. The third-order valence-electron chi connectivity index (χ3n) is 3.30. The van der Waals surface area contributed by atoms with E-state index < -0.39 is 5.97 Å². The van der Waals surface area contributed by atoms with Crippen molar-refractivity contribution in [1.29, 1.82) is 0 Å². The number of carbonyl (C=O) groups is 1. The van der Waals surface area contributed by atoms with Gasteiger partial charge in [0.1, 0.15) is 0 Å². The summed E-state index contributed by atoms with van der Waals surface area (Å²) in [6.07, 6.45) is 1.96. The van der Waals surface area contributed by atoms with E-state index in [0.29, 0.717) is 5.56 Å². The van der Waals surface area contributed by atoms with Crippen LogP contribution >= 0.6 is 0 Å². The zero-order valence-corrected chi connectivity index (χ0v) is 12.2. The highest BCUT2D eigenvalue weighted by atomic mass is 16.5. The molecule has 0 spiro atoms. The summed E-state index contributed by atoms with van der Waals surface area (Å²) in [5.41, 5.74) is 3.67. The minimum atomic E-state index is -0.899. The van der Waals surface area contributed by atoms with E-state index in [0.717, 1.165) is 37.2 Å². The first kappa shape index (κ1) is 15.3. The second-order valence-corrected chi connectivity index (χ2v) is 4.94. The van der Waals surface area contributed by atoms with Crippen molar-refractivity contribution in [2.24, 2.45) is 0 Å². The van der Waals surface area contributed by atoms with Gasteiger partial charge in [-0.2, -0.15) is 0 Å². The van der Waals surface area contributed by atoms with Gasteiger partial charge < -0.3 is 9.84 Å². The fourth-order valence-electron chi connectivity index (χ4n) is 2.11. The highest BCUT2D eigenvalue weighted by Crippen LogP contribution is 2.20. The van der Waals surface area contributed by atoms with Crippen LogP contribution in [0.25, 0.3) is 11.1 Å². The van der Waals surface area contributed by atoms with Crippen LogP contribution in [0, 0.1) is 0 Å². The molecule has 0 aliphatic rings. The molecular weight excluding hydrogens is 264 g/mol. The highest BCUT2D eigenvalue weighted by molar-refractivity contribution is 5.88. The van der Waals surface area contributed by atoms with Crippen molar-refractivity contribution >= 4 is 5.97 Å². The molecule has 0 aliphatic heterocycles. The summed E-state index contributed by atoms with van der Waals surface area (Å²) in [5, 5.41) is 8.89. The number of hydrogen-bond acceptors (Lipinski definition) is 2. The van der Waals surface area contributed by atoms with Gasteiger partial charge in [-0.15, -0.1) is 0 Å². The Labute approximate surface area is 125 Å². The largest absolute Gasteiger partial charge is 0.478 e. The van der Waals surface area contributed by atoms with Crippen LogP contribution < -0.4 is 0 Å². The summed E-state index contributed by atoms with van der Waals surface area (Å²) in [5.74, 6) is -0.899. The van der Waals surface area contributed by atoms with Crippen molar-refractivity contribution in [2.75, 3.05) is 13.2 Å². The molecule has 2 aromatic rings. The van der Waals surface area contributed by atoms with E-state index in [9.17, 15) is 4.79 Å². The number of rotatable bonds is 7. The molecule has 0 amide bonds. The Balaban J connectivity index is 1.99. The van der Waals surface area contributed by atoms with Crippen LogP contribution in [0.15, 0.2) is 48.5 Å². The first-order valence-corrected chi connectivity index (χ1v) is 7.21. The molecule has 0 bridgehead atoms. The number of hydrogen-bond donors (Lipinski definition) is 1. The fourth-order valence-corrected chi connectivity index (χ4v) is 2.11. The van der Waals surface area contributed by atoms with E-state index in [2.05, 4.69) is 31.2 Å². The summed E-state index contributed by atoms with van der Waals surface area (Å²) in [6.45, 7) is 3.67. The van der Waals surface area contributed by atoms with E-state index in [1.807, 2.05) is 12.1 Å². The quantitative estimate of drug-likeness (QED) is 0.781. The van der Waals surface area contributed by atoms with Gasteiger partial charge >= 0.3 is 5.97 Å². The molecule has 0 fully saturated rings. The van der Waals surface area contributed by atoms with Crippen molar-refractivity contribution in [3.63, 3.8) is 0 Å². The van der Waals surface area contributed by atoms with E-state index >= 15 is 0 Å². The molecule has 21 heavy (non-hydrogen) atoms. The maximum Gasteiger partial charge on any atom is 0.335 e. The molecular formula is C18H20O3. The van der Waals surface area contributed by atoms with Gasteiger partial charge in [0.05, 0.1) is 12.2 Å². The third-order valence-corrected chi connectivity index (χ3v) is 3.30. The molecule has 3 heteroatoms. The van der Waals surface area contributed by atoms with E-state index in [1.165, 1.54) is 5.56 Å². The first-order valence-electron chi connectivity index (χ1n) is 7.21. The SMILES string of the molecule is CCCOCCc1ccc(-c2ccc(C(=O)O)cc2)cc1. The van der Waals surface area contributed by atoms with Crippen LogP contribution in [0.5, 0.6) is 0 Å². The van der Waals surface area contributed by atoms with Crippen molar-refractivity contribution in [1.82, 2.24) is 0 Å². The maximum atomic E-state index is 10.8. The lowest BCUT2D eigenvalue weighted by Gasteiger charge is -2.06. The number of carboxylic acid groups (broad SMARTS) is 1. The summed E-state index contributed by atoms with van der Waals surface area (Å²) < 4.78 is 5.48. The Morgan fingerprint density at radius 1 is 0.952 bits per heavy atom. The standard InChI is InChI=1S/C18H20O3/c1-2-12-21-13-11-14-3-5-15(6-4-14)16-7-9-17(10-8-16)18(19)20/h3-10H,2,11-13H2,1H3,(H,19,20). The Kier molecular flexibility index (Phi) is 5.52. The lowest BCUT2D eigenvalue weighted by atomic mass is 10.0. The molecule has 2 aromatic carbocycles. The molecule has 0 heterocycles.